The number of alkyl halides is 3. The van der Waals surface area contributed by atoms with Crippen LogP contribution in [-0.2, 0) is 14.3 Å². The van der Waals surface area contributed by atoms with Crippen molar-refractivity contribution in [3.8, 4) is 5.75 Å². The minimum atomic E-state index is -2.88. The summed E-state index contributed by atoms with van der Waals surface area (Å²) in [5.74, 6) is -1.23. The van der Waals surface area contributed by atoms with Gasteiger partial charge in [-0.1, -0.05) is 48.8 Å². The zero-order chi connectivity index (χ0) is 21.1. The Kier molecular flexibility index (Phi) is 7.03. The highest BCUT2D eigenvalue weighted by Gasteiger charge is 2.54. The van der Waals surface area contributed by atoms with Gasteiger partial charge in [0.1, 0.15) is 22.3 Å². The summed E-state index contributed by atoms with van der Waals surface area (Å²) in [6.45, 7) is 6.37. The van der Waals surface area contributed by atoms with Gasteiger partial charge in [0.05, 0.1) is 19.3 Å². The van der Waals surface area contributed by atoms with Crippen molar-refractivity contribution >= 4 is 27.8 Å². The fourth-order valence-corrected chi connectivity index (χ4v) is 3.04. The molecule has 1 N–H and O–H groups in total. The lowest BCUT2D eigenvalue weighted by Crippen LogP contribution is -2.62. The van der Waals surface area contributed by atoms with Crippen LogP contribution < -0.4 is 10.1 Å². The van der Waals surface area contributed by atoms with Gasteiger partial charge in [-0.3, -0.25) is 4.79 Å². The minimum absolute atomic E-state index is 0.0109. The van der Waals surface area contributed by atoms with Crippen molar-refractivity contribution in [3.05, 3.63) is 29.8 Å². The molecule has 0 aromatic heterocycles. The predicted molar refractivity (Wildman–Crippen MR) is 102 cm³/mol. The first-order chi connectivity index (χ1) is 13.0. The molecule has 156 valence electrons. The molecule has 1 saturated heterocycles. The van der Waals surface area contributed by atoms with E-state index in [9.17, 15) is 14.0 Å². The van der Waals surface area contributed by atoms with Crippen molar-refractivity contribution in [1.82, 2.24) is 5.32 Å². The number of esters is 1. The number of hydrogen-bond donors (Lipinski definition) is 1. The number of para-hydroxylation sites is 1. The molecule has 4 atom stereocenters. The van der Waals surface area contributed by atoms with E-state index in [0.717, 1.165) is 0 Å². The number of amides is 1. The van der Waals surface area contributed by atoms with Crippen LogP contribution in [0.4, 0.5) is 8.78 Å². The molecule has 4 unspecified atom stereocenters. The van der Waals surface area contributed by atoms with Crippen molar-refractivity contribution in [3.63, 3.8) is 0 Å². The van der Waals surface area contributed by atoms with Crippen LogP contribution in [0.25, 0.3) is 0 Å². The number of nitrogens with one attached hydrogen (secondary N) is 1. The molecular weight excluding hydrogens is 440 g/mol. The standard InChI is InChI=1S/C19H24BrF2NO5/c1-5-26-16(24)11-8-6-7-9-13(11)28-19(22)15(20)14(21)12(10-27-19)23-17(25)18(2,3)4/h6-9,12,14-15H,5,10H2,1-4H3,(H,23,25). The quantitative estimate of drug-likeness (QED) is 0.533. The summed E-state index contributed by atoms with van der Waals surface area (Å²) >= 11 is 2.94. The van der Waals surface area contributed by atoms with Crippen molar-refractivity contribution < 1.29 is 32.6 Å². The Labute approximate surface area is 171 Å². The van der Waals surface area contributed by atoms with Gasteiger partial charge >= 0.3 is 12.0 Å². The van der Waals surface area contributed by atoms with Crippen LogP contribution in [0, 0.1) is 5.41 Å². The number of hydrogen-bond acceptors (Lipinski definition) is 5. The van der Waals surface area contributed by atoms with E-state index < -0.39 is 41.1 Å². The normalized spacial score (nSPS) is 27.8. The SMILES string of the molecule is CCOC(=O)c1ccccc1OC1(F)OCC(NC(=O)C(C)(C)C)C(F)C1Br. The second-order valence-electron chi connectivity index (χ2n) is 7.39. The maximum absolute atomic E-state index is 15.3. The first-order valence-corrected chi connectivity index (χ1v) is 9.78. The summed E-state index contributed by atoms with van der Waals surface area (Å²) in [7, 11) is 0. The van der Waals surface area contributed by atoms with Gasteiger partial charge in [-0.25, -0.2) is 9.18 Å². The first-order valence-electron chi connectivity index (χ1n) is 8.86. The van der Waals surface area contributed by atoms with Gasteiger partial charge in [0, 0.05) is 5.41 Å². The van der Waals surface area contributed by atoms with Crippen LogP contribution in [0.1, 0.15) is 38.1 Å². The predicted octanol–water partition coefficient (Wildman–Crippen LogP) is 3.53. The van der Waals surface area contributed by atoms with E-state index in [2.05, 4.69) is 21.2 Å². The third-order valence-corrected chi connectivity index (χ3v) is 5.13. The Bertz CT molecular complexity index is 727. The van der Waals surface area contributed by atoms with Crippen LogP contribution in [-0.4, -0.2) is 48.2 Å². The highest BCUT2D eigenvalue weighted by atomic mass is 79.9. The van der Waals surface area contributed by atoms with Gasteiger partial charge < -0.3 is 19.5 Å². The molecule has 2 rings (SSSR count). The van der Waals surface area contributed by atoms with Gasteiger partial charge in [0.15, 0.2) is 0 Å². The molecule has 1 aliphatic rings. The molecule has 28 heavy (non-hydrogen) atoms. The zero-order valence-electron chi connectivity index (χ0n) is 16.1. The summed E-state index contributed by atoms with van der Waals surface area (Å²) in [5, 5.41) is 2.52. The van der Waals surface area contributed by atoms with E-state index >= 15 is 4.39 Å². The lowest BCUT2D eigenvalue weighted by Gasteiger charge is -2.40. The van der Waals surface area contributed by atoms with Gasteiger partial charge in [-0.2, -0.15) is 4.39 Å². The average Bonchev–Trinajstić information content (AvgIpc) is 2.62. The highest BCUT2D eigenvalue weighted by molar-refractivity contribution is 9.09. The lowest BCUT2D eigenvalue weighted by atomic mass is 9.94. The Morgan fingerprint density at radius 1 is 1.36 bits per heavy atom. The van der Waals surface area contributed by atoms with E-state index in [4.69, 9.17) is 14.2 Å². The fourth-order valence-electron chi connectivity index (χ4n) is 2.44. The van der Waals surface area contributed by atoms with Crippen LogP contribution in [0.3, 0.4) is 0 Å². The average molecular weight is 464 g/mol. The molecule has 0 saturated carbocycles. The molecule has 1 aromatic carbocycles. The third-order valence-electron chi connectivity index (χ3n) is 4.08. The van der Waals surface area contributed by atoms with E-state index in [1.54, 1.807) is 33.8 Å². The van der Waals surface area contributed by atoms with Gasteiger partial charge in [-0.15, -0.1) is 0 Å². The highest BCUT2D eigenvalue weighted by Crippen LogP contribution is 2.38. The van der Waals surface area contributed by atoms with Crippen molar-refractivity contribution in [2.24, 2.45) is 5.41 Å². The summed E-state index contributed by atoms with van der Waals surface area (Å²) in [6, 6.07) is 1.92. The molecule has 0 aliphatic carbocycles. The molecular formula is C19H24BrF2NO5. The van der Waals surface area contributed by atoms with E-state index in [0.29, 0.717) is 0 Å². The number of halogens is 3. The number of benzene rings is 1. The third kappa shape index (κ3) is 5.00. The molecule has 1 aliphatic heterocycles. The smallest absolute Gasteiger partial charge is 0.379 e. The number of carbonyl (C=O) groups excluding carboxylic acids is 2. The molecule has 1 aromatic rings. The Morgan fingerprint density at radius 2 is 2.00 bits per heavy atom. The number of ether oxygens (including phenoxy) is 3. The molecule has 6 nitrogen and oxygen atoms in total. The Morgan fingerprint density at radius 3 is 2.61 bits per heavy atom. The van der Waals surface area contributed by atoms with E-state index in [1.807, 2.05) is 0 Å². The topological polar surface area (TPSA) is 73.9 Å². The van der Waals surface area contributed by atoms with Crippen LogP contribution >= 0.6 is 15.9 Å². The van der Waals surface area contributed by atoms with Crippen molar-refractivity contribution in [2.45, 2.75) is 50.8 Å². The van der Waals surface area contributed by atoms with Gasteiger partial charge in [0.25, 0.3) is 0 Å². The van der Waals surface area contributed by atoms with E-state index in [1.165, 1.54) is 18.2 Å². The second kappa shape index (κ2) is 8.73. The van der Waals surface area contributed by atoms with Crippen molar-refractivity contribution in [1.29, 1.82) is 0 Å². The first kappa shape index (κ1) is 22.5. The monoisotopic (exact) mass is 463 g/mol. The molecule has 0 spiro atoms. The second-order valence-corrected chi connectivity index (χ2v) is 8.37. The zero-order valence-corrected chi connectivity index (χ0v) is 17.7. The molecule has 1 amide bonds. The summed E-state index contributed by atoms with van der Waals surface area (Å²) in [4.78, 5) is 22.6. The fraction of sp³-hybridized carbons (Fsp3) is 0.579. The minimum Gasteiger partial charge on any atom is -0.462 e. The maximum atomic E-state index is 15.3. The summed E-state index contributed by atoms with van der Waals surface area (Å²) < 4.78 is 45.4. The maximum Gasteiger partial charge on any atom is 0.379 e. The lowest BCUT2D eigenvalue weighted by molar-refractivity contribution is -0.296. The number of carbonyl (C=O) groups is 2. The Hall–Kier alpha value is -1.74. The summed E-state index contributed by atoms with van der Waals surface area (Å²) in [6.07, 6.45) is -1.83. The molecule has 1 fully saturated rings. The summed E-state index contributed by atoms with van der Waals surface area (Å²) in [5.41, 5.74) is -0.746. The van der Waals surface area contributed by atoms with Crippen LogP contribution in [0.2, 0.25) is 0 Å². The van der Waals surface area contributed by atoms with Crippen LogP contribution in [0.15, 0.2) is 24.3 Å². The molecule has 1 heterocycles. The molecule has 9 heteroatoms. The van der Waals surface area contributed by atoms with Gasteiger partial charge in [-0.05, 0) is 19.1 Å². The molecule has 0 bridgehead atoms. The van der Waals surface area contributed by atoms with Crippen molar-refractivity contribution in [2.75, 3.05) is 13.2 Å². The van der Waals surface area contributed by atoms with E-state index in [-0.39, 0.29) is 23.8 Å². The number of rotatable bonds is 5. The molecule has 0 radical (unpaired) electrons. The van der Waals surface area contributed by atoms with Crippen LogP contribution in [0.5, 0.6) is 5.75 Å². The van der Waals surface area contributed by atoms with Gasteiger partial charge in [0.2, 0.25) is 5.91 Å². The Balaban J connectivity index is 2.16. The largest absolute Gasteiger partial charge is 0.462 e.